The van der Waals surface area contributed by atoms with Gasteiger partial charge in [-0.15, -0.1) is 0 Å². The summed E-state index contributed by atoms with van der Waals surface area (Å²) in [5, 5.41) is 13.1. The van der Waals surface area contributed by atoms with Crippen molar-refractivity contribution in [3.63, 3.8) is 0 Å². The van der Waals surface area contributed by atoms with Crippen molar-refractivity contribution in [2.24, 2.45) is 17.3 Å². The number of hydrogen-bond acceptors (Lipinski definition) is 2. The third-order valence-corrected chi connectivity index (χ3v) is 5.56. The Hall–Kier alpha value is -1.35. The predicted octanol–water partition coefficient (Wildman–Crippen LogP) is 3.61. The smallest absolute Gasteiger partial charge is 0.307 e. The minimum Gasteiger partial charge on any atom is -0.481 e. The molecule has 0 radical (unpaired) electrons. The summed E-state index contributed by atoms with van der Waals surface area (Å²) in [4.78, 5) is 11.4. The first kappa shape index (κ1) is 16.0. The third kappa shape index (κ3) is 3.29. The molecule has 3 unspecified atom stereocenters. The van der Waals surface area contributed by atoms with E-state index in [2.05, 4.69) is 57.3 Å². The lowest BCUT2D eigenvalue weighted by Gasteiger charge is -2.46. The molecule has 0 bridgehead atoms. The SMILES string of the molecule is Cc1ccccc1CNC1CCC(C(=O)O)C(C)(C)C1C. The number of carboxylic acids is 1. The highest BCUT2D eigenvalue weighted by atomic mass is 16.4. The van der Waals surface area contributed by atoms with E-state index in [-0.39, 0.29) is 11.3 Å². The number of rotatable bonds is 4. The van der Waals surface area contributed by atoms with Crippen molar-refractivity contribution in [3.8, 4) is 0 Å². The van der Waals surface area contributed by atoms with E-state index in [1.165, 1.54) is 11.1 Å². The molecule has 1 saturated carbocycles. The molecule has 116 valence electrons. The highest BCUT2D eigenvalue weighted by molar-refractivity contribution is 5.71. The second-order valence-electron chi connectivity index (χ2n) is 6.99. The van der Waals surface area contributed by atoms with E-state index in [4.69, 9.17) is 0 Å². The molecule has 2 N–H and O–H groups in total. The zero-order valence-corrected chi connectivity index (χ0v) is 13.5. The largest absolute Gasteiger partial charge is 0.481 e. The molecule has 0 saturated heterocycles. The molecule has 3 heteroatoms. The lowest BCUT2D eigenvalue weighted by molar-refractivity contribution is -0.150. The molecule has 0 heterocycles. The summed E-state index contributed by atoms with van der Waals surface area (Å²) < 4.78 is 0. The van der Waals surface area contributed by atoms with Gasteiger partial charge in [0.1, 0.15) is 0 Å². The average Bonchev–Trinajstić information content (AvgIpc) is 2.41. The highest BCUT2D eigenvalue weighted by Gasteiger charge is 2.45. The van der Waals surface area contributed by atoms with Crippen LogP contribution in [-0.4, -0.2) is 17.1 Å². The van der Waals surface area contributed by atoms with Crippen LogP contribution in [0, 0.1) is 24.2 Å². The van der Waals surface area contributed by atoms with Gasteiger partial charge < -0.3 is 10.4 Å². The van der Waals surface area contributed by atoms with E-state index in [0.29, 0.717) is 12.0 Å². The fourth-order valence-corrected chi connectivity index (χ4v) is 3.57. The Balaban J connectivity index is 2.03. The van der Waals surface area contributed by atoms with Gasteiger partial charge in [-0.05, 0) is 42.2 Å². The van der Waals surface area contributed by atoms with Crippen LogP contribution in [-0.2, 0) is 11.3 Å². The zero-order chi connectivity index (χ0) is 15.6. The second kappa shape index (κ2) is 6.18. The quantitative estimate of drug-likeness (QED) is 0.890. The molecule has 0 aromatic heterocycles. The first-order chi connectivity index (χ1) is 9.84. The fourth-order valence-electron chi connectivity index (χ4n) is 3.57. The lowest BCUT2D eigenvalue weighted by atomic mass is 9.61. The highest BCUT2D eigenvalue weighted by Crippen LogP contribution is 2.45. The third-order valence-electron chi connectivity index (χ3n) is 5.56. The van der Waals surface area contributed by atoms with Crippen molar-refractivity contribution in [2.45, 2.75) is 53.1 Å². The van der Waals surface area contributed by atoms with Crippen molar-refractivity contribution in [1.29, 1.82) is 0 Å². The summed E-state index contributed by atoms with van der Waals surface area (Å²) in [6, 6.07) is 8.80. The second-order valence-corrected chi connectivity index (χ2v) is 6.99. The van der Waals surface area contributed by atoms with Crippen LogP contribution in [0.25, 0.3) is 0 Å². The van der Waals surface area contributed by atoms with Gasteiger partial charge in [-0.2, -0.15) is 0 Å². The molecule has 2 rings (SSSR count). The molecule has 1 aromatic rings. The number of aryl methyl sites for hydroxylation is 1. The maximum atomic E-state index is 11.4. The van der Waals surface area contributed by atoms with Crippen molar-refractivity contribution in [2.75, 3.05) is 0 Å². The Morgan fingerprint density at radius 2 is 2.00 bits per heavy atom. The normalized spacial score (nSPS) is 28.3. The lowest BCUT2D eigenvalue weighted by Crippen LogP contribution is -2.50. The van der Waals surface area contributed by atoms with E-state index in [0.717, 1.165) is 19.4 Å². The summed E-state index contributed by atoms with van der Waals surface area (Å²) in [5.41, 5.74) is 2.45. The van der Waals surface area contributed by atoms with Crippen LogP contribution in [0.15, 0.2) is 24.3 Å². The van der Waals surface area contributed by atoms with Gasteiger partial charge in [0.15, 0.2) is 0 Å². The molecule has 3 nitrogen and oxygen atoms in total. The summed E-state index contributed by atoms with van der Waals surface area (Å²) in [6.07, 6.45) is 1.70. The van der Waals surface area contributed by atoms with Crippen molar-refractivity contribution in [1.82, 2.24) is 5.32 Å². The molecule has 3 atom stereocenters. The maximum Gasteiger partial charge on any atom is 0.307 e. The number of aliphatic carboxylic acids is 1. The van der Waals surface area contributed by atoms with E-state index < -0.39 is 5.97 Å². The Morgan fingerprint density at radius 3 is 2.62 bits per heavy atom. The molecular weight excluding hydrogens is 262 g/mol. The van der Waals surface area contributed by atoms with Crippen LogP contribution >= 0.6 is 0 Å². The van der Waals surface area contributed by atoms with E-state index in [9.17, 15) is 9.90 Å². The van der Waals surface area contributed by atoms with Crippen LogP contribution in [0.1, 0.15) is 44.7 Å². The molecule has 1 aliphatic rings. The molecule has 21 heavy (non-hydrogen) atoms. The average molecular weight is 289 g/mol. The maximum absolute atomic E-state index is 11.4. The van der Waals surface area contributed by atoms with Crippen LogP contribution in [0.3, 0.4) is 0 Å². The molecule has 1 aliphatic carbocycles. The number of hydrogen-bond donors (Lipinski definition) is 2. The first-order valence-corrected chi connectivity index (χ1v) is 7.84. The minimum absolute atomic E-state index is 0.173. The van der Waals surface area contributed by atoms with Crippen LogP contribution in [0.4, 0.5) is 0 Å². The van der Waals surface area contributed by atoms with Crippen LogP contribution in [0.5, 0.6) is 0 Å². The predicted molar refractivity (Wildman–Crippen MR) is 85.1 cm³/mol. The molecule has 1 aromatic carbocycles. The van der Waals surface area contributed by atoms with E-state index in [1.54, 1.807) is 0 Å². The van der Waals surface area contributed by atoms with Crippen LogP contribution < -0.4 is 5.32 Å². The summed E-state index contributed by atoms with van der Waals surface area (Å²) in [7, 11) is 0. The standard InChI is InChI=1S/C18H27NO2/c1-12-7-5-6-8-14(12)11-19-16-10-9-15(17(20)21)18(3,4)13(16)2/h5-8,13,15-16,19H,9-11H2,1-4H3,(H,20,21). The monoisotopic (exact) mass is 289 g/mol. The molecule has 0 spiro atoms. The molecule has 0 amide bonds. The van der Waals surface area contributed by atoms with Gasteiger partial charge in [-0.25, -0.2) is 0 Å². The first-order valence-electron chi connectivity index (χ1n) is 7.84. The van der Waals surface area contributed by atoms with Gasteiger partial charge in [-0.3, -0.25) is 4.79 Å². The van der Waals surface area contributed by atoms with Gasteiger partial charge in [-0.1, -0.05) is 45.0 Å². The summed E-state index contributed by atoms with van der Waals surface area (Å²) >= 11 is 0. The number of benzene rings is 1. The Bertz CT molecular complexity index is 510. The molecule has 0 aliphatic heterocycles. The fraction of sp³-hybridized carbons (Fsp3) is 0.611. The Labute approximate surface area is 127 Å². The Kier molecular flexibility index (Phi) is 4.72. The molecular formula is C18H27NO2. The van der Waals surface area contributed by atoms with Gasteiger partial charge in [0, 0.05) is 12.6 Å². The Morgan fingerprint density at radius 1 is 1.33 bits per heavy atom. The number of carboxylic acid groups (broad SMARTS) is 1. The summed E-state index contributed by atoms with van der Waals surface area (Å²) in [5.74, 6) is -0.537. The zero-order valence-electron chi connectivity index (χ0n) is 13.5. The minimum atomic E-state index is -0.649. The molecule has 1 fully saturated rings. The summed E-state index contributed by atoms with van der Waals surface area (Å²) in [6.45, 7) is 9.36. The van der Waals surface area contributed by atoms with Crippen molar-refractivity contribution < 1.29 is 9.90 Å². The van der Waals surface area contributed by atoms with Gasteiger partial charge in [0.05, 0.1) is 5.92 Å². The van der Waals surface area contributed by atoms with Gasteiger partial charge >= 0.3 is 5.97 Å². The van der Waals surface area contributed by atoms with Gasteiger partial charge in [0.2, 0.25) is 0 Å². The van der Waals surface area contributed by atoms with E-state index in [1.807, 2.05) is 0 Å². The van der Waals surface area contributed by atoms with E-state index >= 15 is 0 Å². The van der Waals surface area contributed by atoms with Crippen molar-refractivity contribution in [3.05, 3.63) is 35.4 Å². The number of nitrogens with one attached hydrogen (secondary N) is 1. The number of carbonyl (C=O) groups is 1. The van der Waals surface area contributed by atoms with Gasteiger partial charge in [0.25, 0.3) is 0 Å². The van der Waals surface area contributed by atoms with Crippen LogP contribution in [0.2, 0.25) is 0 Å². The van der Waals surface area contributed by atoms with Crippen molar-refractivity contribution >= 4 is 5.97 Å². The topological polar surface area (TPSA) is 49.3 Å².